The monoisotopic (exact) mass is 355 g/mol. The number of ketones is 1. The van der Waals surface area contributed by atoms with Crippen LogP contribution < -0.4 is 5.32 Å². The highest BCUT2D eigenvalue weighted by atomic mass is 16.4. The number of Topliss-reactive ketones (excluding diaryl/α,β-unsaturated/α-hetero) is 1. The third-order valence-corrected chi connectivity index (χ3v) is 5.62. The number of nitrogens with one attached hydrogen (secondary N) is 2. The molecule has 2 aliphatic carbocycles. The number of fused-ring (bicyclic) bond motifs is 1. The standard InChI is InChI=1S/C20H25N3O3/c1-12-18-15(24)8-5-9-16(18)26-19(12)20(25)21-17-11-14(22-23-17)10-13-6-3-2-4-7-13/h11,13H,2-10H2,1H3,(H2,21,22,23,25). The van der Waals surface area contributed by atoms with Crippen molar-refractivity contribution < 1.29 is 14.0 Å². The molecule has 0 aliphatic heterocycles. The molecule has 1 fully saturated rings. The second-order valence-corrected chi connectivity index (χ2v) is 7.57. The topological polar surface area (TPSA) is 88.0 Å². The van der Waals surface area contributed by atoms with Gasteiger partial charge in [-0.25, -0.2) is 0 Å². The lowest BCUT2D eigenvalue weighted by atomic mass is 9.86. The quantitative estimate of drug-likeness (QED) is 0.860. The zero-order valence-corrected chi connectivity index (χ0v) is 15.2. The molecular formula is C20H25N3O3. The lowest BCUT2D eigenvalue weighted by Gasteiger charge is -2.20. The normalized spacial score (nSPS) is 18.0. The van der Waals surface area contributed by atoms with Crippen molar-refractivity contribution >= 4 is 17.5 Å². The molecule has 4 rings (SSSR count). The predicted molar refractivity (Wildman–Crippen MR) is 97.5 cm³/mol. The van der Waals surface area contributed by atoms with Crippen LogP contribution in [0.1, 0.15) is 82.9 Å². The Morgan fingerprint density at radius 1 is 1.27 bits per heavy atom. The number of carbonyl (C=O) groups is 2. The van der Waals surface area contributed by atoms with E-state index in [1.54, 1.807) is 6.92 Å². The molecule has 0 unspecified atom stereocenters. The summed E-state index contributed by atoms with van der Waals surface area (Å²) in [4.78, 5) is 24.7. The van der Waals surface area contributed by atoms with Gasteiger partial charge in [0.25, 0.3) is 5.91 Å². The molecule has 138 valence electrons. The van der Waals surface area contributed by atoms with E-state index in [1.165, 1.54) is 32.1 Å². The summed E-state index contributed by atoms with van der Waals surface area (Å²) in [5.74, 6) is 1.80. The number of anilines is 1. The third-order valence-electron chi connectivity index (χ3n) is 5.62. The molecule has 2 aromatic heterocycles. The van der Waals surface area contributed by atoms with Crippen LogP contribution in [0.25, 0.3) is 0 Å². The summed E-state index contributed by atoms with van der Waals surface area (Å²) in [5, 5.41) is 10.0. The van der Waals surface area contributed by atoms with Crippen molar-refractivity contribution in [3.63, 3.8) is 0 Å². The molecular weight excluding hydrogens is 330 g/mol. The molecule has 2 heterocycles. The van der Waals surface area contributed by atoms with Crippen LogP contribution in [0.3, 0.4) is 0 Å². The molecule has 1 saturated carbocycles. The first-order chi connectivity index (χ1) is 12.6. The van der Waals surface area contributed by atoms with Gasteiger partial charge in [0.2, 0.25) is 0 Å². The second-order valence-electron chi connectivity index (χ2n) is 7.57. The fourth-order valence-electron chi connectivity index (χ4n) is 4.27. The van der Waals surface area contributed by atoms with E-state index in [4.69, 9.17) is 4.42 Å². The van der Waals surface area contributed by atoms with Crippen molar-refractivity contribution in [3.05, 3.63) is 34.4 Å². The lowest BCUT2D eigenvalue weighted by Crippen LogP contribution is -2.13. The van der Waals surface area contributed by atoms with E-state index in [0.29, 0.717) is 41.5 Å². The zero-order chi connectivity index (χ0) is 18.1. The number of amides is 1. The summed E-state index contributed by atoms with van der Waals surface area (Å²) >= 11 is 0. The van der Waals surface area contributed by atoms with E-state index >= 15 is 0 Å². The van der Waals surface area contributed by atoms with Gasteiger partial charge < -0.3 is 9.73 Å². The lowest BCUT2D eigenvalue weighted by molar-refractivity contribution is 0.0963. The average molecular weight is 355 g/mol. The van der Waals surface area contributed by atoms with Crippen LogP contribution in [-0.2, 0) is 12.8 Å². The number of nitrogens with zero attached hydrogens (tertiary/aromatic N) is 1. The highest BCUT2D eigenvalue weighted by Gasteiger charge is 2.29. The van der Waals surface area contributed by atoms with Gasteiger partial charge in [-0.2, -0.15) is 5.10 Å². The first kappa shape index (κ1) is 17.1. The van der Waals surface area contributed by atoms with Gasteiger partial charge in [0, 0.05) is 30.2 Å². The maximum Gasteiger partial charge on any atom is 0.292 e. The molecule has 0 atom stereocenters. The fraction of sp³-hybridized carbons (Fsp3) is 0.550. The summed E-state index contributed by atoms with van der Waals surface area (Å²) in [7, 11) is 0. The number of H-pyrrole nitrogens is 1. The maximum absolute atomic E-state index is 12.6. The molecule has 0 spiro atoms. The van der Waals surface area contributed by atoms with Crippen LogP contribution >= 0.6 is 0 Å². The Labute approximate surface area is 152 Å². The van der Waals surface area contributed by atoms with Crippen molar-refractivity contribution in [2.45, 2.75) is 64.7 Å². The summed E-state index contributed by atoms with van der Waals surface area (Å²) in [5.41, 5.74) is 2.29. The summed E-state index contributed by atoms with van der Waals surface area (Å²) < 4.78 is 5.70. The van der Waals surface area contributed by atoms with Crippen LogP contribution in [0, 0.1) is 12.8 Å². The van der Waals surface area contributed by atoms with Crippen LogP contribution in [0.4, 0.5) is 5.82 Å². The molecule has 2 aromatic rings. The SMILES string of the molecule is Cc1c(C(=O)Nc2cc(CC3CCCCC3)[nH]n2)oc2c1C(=O)CCC2. The highest BCUT2D eigenvalue weighted by molar-refractivity contribution is 6.07. The average Bonchev–Trinajstić information content (AvgIpc) is 3.21. The van der Waals surface area contributed by atoms with Gasteiger partial charge in [0.15, 0.2) is 17.4 Å². The molecule has 6 nitrogen and oxygen atoms in total. The second kappa shape index (κ2) is 7.09. The minimum absolute atomic E-state index is 0.0705. The third kappa shape index (κ3) is 3.32. The van der Waals surface area contributed by atoms with Crippen LogP contribution in [0.15, 0.2) is 10.5 Å². The van der Waals surface area contributed by atoms with Crippen molar-refractivity contribution in [2.75, 3.05) is 5.32 Å². The Kier molecular flexibility index (Phi) is 4.66. The van der Waals surface area contributed by atoms with E-state index < -0.39 is 0 Å². The number of rotatable bonds is 4. The zero-order valence-electron chi connectivity index (χ0n) is 15.2. The number of hydrogen-bond acceptors (Lipinski definition) is 4. The molecule has 0 aromatic carbocycles. The molecule has 2 aliphatic rings. The van der Waals surface area contributed by atoms with E-state index in [1.807, 2.05) is 6.07 Å². The Bertz CT molecular complexity index is 827. The minimum atomic E-state index is -0.347. The smallest absolute Gasteiger partial charge is 0.292 e. The van der Waals surface area contributed by atoms with Gasteiger partial charge in [0.05, 0.1) is 5.56 Å². The maximum atomic E-state index is 12.6. The van der Waals surface area contributed by atoms with Crippen molar-refractivity contribution in [3.8, 4) is 0 Å². The van der Waals surface area contributed by atoms with Crippen LogP contribution in [0.5, 0.6) is 0 Å². The molecule has 0 radical (unpaired) electrons. The van der Waals surface area contributed by atoms with E-state index in [-0.39, 0.29) is 17.5 Å². The van der Waals surface area contributed by atoms with Crippen molar-refractivity contribution in [2.24, 2.45) is 5.92 Å². The summed E-state index contributed by atoms with van der Waals surface area (Å²) in [6.07, 6.45) is 9.50. The van der Waals surface area contributed by atoms with E-state index in [2.05, 4.69) is 15.5 Å². The molecule has 2 N–H and O–H groups in total. The van der Waals surface area contributed by atoms with E-state index in [0.717, 1.165) is 18.5 Å². The Morgan fingerprint density at radius 3 is 2.85 bits per heavy atom. The van der Waals surface area contributed by atoms with Gasteiger partial charge in [-0.3, -0.25) is 14.7 Å². The number of aryl methyl sites for hydroxylation is 1. The first-order valence-corrected chi connectivity index (χ1v) is 9.63. The van der Waals surface area contributed by atoms with Gasteiger partial charge in [0.1, 0.15) is 5.76 Å². The molecule has 26 heavy (non-hydrogen) atoms. The number of aromatic amines is 1. The number of furan rings is 1. The largest absolute Gasteiger partial charge is 0.455 e. The number of aromatic nitrogens is 2. The van der Waals surface area contributed by atoms with Crippen LogP contribution in [0.2, 0.25) is 0 Å². The molecule has 1 amide bonds. The van der Waals surface area contributed by atoms with Gasteiger partial charge in [-0.15, -0.1) is 0 Å². The molecule has 0 saturated heterocycles. The van der Waals surface area contributed by atoms with Gasteiger partial charge >= 0.3 is 0 Å². The Morgan fingerprint density at radius 2 is 2.08 bits per heavy atom. The van der Waals surface area contributed by atoms with Gasteiger partial charge in [-0.1, -0.05) is 32.1 Å². The first-order valence-electron chi connectivity index (χ1n) is 9.63. The van der Waals surface area contributed by atoms with E-state index in [9.17, 15) is 9.59 Å². The minimum Gasteiger partial charge on any atom is -0.455 e. The number of hydrogen-bond donors (Lipinski definition) is 2. The fourth-order valence-corrected chi connectivity index (χ4v) is 4.27. The Hall–Kier alpha value is -2.37. The number of carbonyl (C=O) groups excluding carboxylic acids is 2. The summed E-state index contributed by atoms with van der Waals surface area (Å²) in [6.45, 7) is 1.78. The highest BCUT2D eigenvalue weighted by Crippen LogP contribution is 2.30. The molecule has 6 heteroatoms. The van der Waals surface area contributed by atoms with Crippen molar-refractivity contribution in [1.82, 2.24) is 10.2 Å². The Balaban J connectivity index is 1.45. The van der Waals surface area contributed by atoms with Crippen LogP contribution in [-0.4, -0.2) is 21.9 Å². The van der Waals surface area contributed by atoms with Crippen molar-refractivity contribution in [1.29, 1.82) is 0 Å². The molecule has 0 bridgehead atoms. The summed E-state index contributed by atoms with van der Waals surface area (Å²) in [6, 6.07) is 1.90. The predicted octanol–water partition coefficient (Wildman–Crippen LogP) is 4.21. The van der Waals surface area contributed by atoms with Gasteiger partial charge in [-0.05, 0) is 25.7 Å².